The van der Waals surface area contributed by atoms with Gasteiger partial charge in [-0.1, -0.05) is 34.6 Å². The fourth-order valence-corrected chi connectivity index (χ4v) is 2.92. The number of hydrogen-bond donors (Lipinski definition) is 2. The van der Waals surface area contributed by atoms with Crippen LogP contribution >= 0.6 is 0 Å². The second-order valence-corrected chi connectivity index (χ2v) is 7.68. The molecule has 0 rings (SSSR count). The molecule has 0 bridgehead atoms. The quantitative estimate of drug-likeness (QED) is 0.761. The average Bonchev–Trinajstić information content (AvgIpc) is 2.09. The smallest absolute Gasteiger partial charge is 0.321 e. The molecular formula is C11H23NO4S. The van der Waals surface area contributed by atoms with Gasteiger partial charge in [-0.25, -0.2) is 13.1 Å². The van der Waals surface area contributed by atoms with Gasteiger partial charge in [0.1, 0.15) is 6.04 Å². The summed E-state index contributed by atoms with van der Waals surface area (Å²) in [6.07, 6.45) is 0.493. The molecule has 6 heteroatoms. The Bertz CT molecular complexity index is 354. The lowest BCUT2D eigenvalue weighted by Gasteiger charge is -2.21. The molecule has 0 aromatic rings. The van der Waals surface area contributed by atoms with Gasteiger partial charge in [-0.05, 0) is 17.8 Å². The zero-order valence-electron chi connectivity index (χ0n) is 11.1. The summed E-state index contributed by atoms with van der Waals surface area (Å²) in [6.45, 7) is 9.18. The number of aliphatic carboxylic acids is 1. The molecule has 0 amide bonds. The Morgan fingerprint density at radius 2 is 1.76 bits per heavy atom. The maximum absolute atomic E-state index is 11.7. The van der Waals surface area contributed by atoms with Crippen molar-refractivity contribution < 1.29 is 18.3 Å². The van der Waals surface area contributed by atoms with E-state index >= 15 is 0 Å². The summed E-state index contributed by atoms with van der Waals surface area (Å²) < 4.78 is 25.7. The first kappa shape index (κ1) is 16.4. The second-order valence-electron chi connectivity index (χ2n) is 5.81. The first-order valence-corrected chi connectivity index (χ1v) is 7.33. The zero-order valence-corrected chi connectivity index (χ0v) is 12.0. The Labute approximate surface area is 104 Å². The number of rotatable bonds is 6. The molecule has 1 atom stereocenters. The summed E-state index contributed by atoms with van der Waals surface area (Å²) in [5.74, 6) is -1.47. The summed E-state index contributed by atoms with van der Waals surface area (Å²) in [5.41, 5.74) is -0.0920. The lowest BCUT2D eigenvalue weighted by Crippen LogP contribution is -2.45. The maximum Gasteiger partial charge on any atom is 0.321 e. The number of hydrogen-bond acceptors (Lipinski definition) is 3. The van der Waals surface area contributed by atoms with Gasteiger partial charge in [0, 0.05) is 0 Å². The van der Waals surface area contributed by atoms with Crippen molar-refractivity contribution in [2.45, 2.75) is 47.1 Å². The predicted octanol–water partition coefficient (Wildman–Crippen LogP) is 1.45. The molecule has 0 aliphatic heterocycles. The molecule has 0 spiro atoms. The molecule has 0 aliphatic rings. The molecule has 0 aliphatic carbocycles. The summed E-state index contributed by atoms with van der Waals surface area (Å²) in [6, 6.07) is -1.06. The van der Waals surface area contributed by atoms with E-state index < -0.39 is 22.0 Å². The van der Waals surface area contributed by atoms with Crippen LogP contribution in [0.15, 0.2) is 0 Å². The normalized spacial score (nSPS) is 14.9. The van der Waals surface area contributed by atoms with E-state index in [4.69, 9.17) is 5.11 Å². The molecule has 5 nitrogen and oxygen atoms in total. The molecule has 0 aromatic heterocycles. The Kier molecular flexibility index (Phi) is 5.61. The van der Waals surface area contributed by atoms with E-state index in [0.717, 1.165) is 0 Å². The lowest BCUT2D eigenvalue weighted by molar-refractivity contribution is -0.140. The SMILES string of the molecule is CC(C)C(NS(=O)(=O)CCC(C)(C)C)C(=O)O. The van der Waals surface area contributed by atoms with E-state index in [1.165, 1.54) is 0 Å². The van der Waals surface area contributed by atoms with Crippen molar-refractivity contribution in [1.82, 2.24) is 4.72 Å². The summed E-state index contributed by atoms with van der Waals surface area (Å²) in [7, 11) is -3.53. The van der Waals surface area contributed by atoms with Crippen molar-refractivity contribution in [1.29, 1.82) is 0 Å². The third-order valence-corrected chi connectivity index (χ3v) is 3.71. The Balaban J connectivity index is 4.58. The molecule has 1 unspecified atom stereocenters. The van der Waals surface area contributed by atoms with Gasteiger partial charge in [0.15, 0.2) is 0 Å². The number of nitrogens with one attached hydrogen (secondary N) is 1. The van der Waals surface area contributed by atoms with E-state index in [-0.39, 0.29) is 17.1 Å². The predicted molar refractivity (Wildman–Crippen MR) is 67.3 cm³/mol. The van der Waals surface area contributed by atoms with Crippen LogP contribution in [0.3, 0.4) is 0 Å². The van der Waals surface area contributed by atoms with Crippen molar-refractivity contribution >= 4 is 16.0 Å². The van der Waals surface area contributed by atoms with E-state index in [1.54, 1.807) is 13.8 Å². The molecule has 17 heavy (non-hydrogen) atoms. The fourth-order valence-electron chi connectivity index (χ4n) is 1.16. The number of carbonyl (C=O) groups is 1. The highest BCUT2D eigenvalue weighted by Crippen LogP contribution is 2.19. The molecule has 102 valence electrons. The average molecular weight is 265 g/mol. The lowest BCUT2D eigenvalue weighted by atomic mass is 9.94. The van der Waals surface area contributed by atoms with Crippen LogP contribution in [0, 0.1) is 11.3 Å². The van der Waals surface area contributed by atoms with Crippen LogP contribution in [0.1, 0.15) is 41.0 Å². The number of sulfonamides is 1. The first-order chi connectivity index (χ1) is 7.44. The van der Waals surface area contributed by atoms with Gasteiger partial charge in [0.25, 0.3) is 0 Å². The standard InChI is InChI=1S/C11H23NO4S/c1-8(2)9(10(13)14)12-17(15,16)7-6-11(3,4)5/h8-9,12H,6-7H2,1-5H3,(H,13,14). The Morgan fingerprint density at radius 3 is 2.06 bits per heavy atom. The minimum Gasteiger partial charge on any atom is -0.480 e. The zero-order chi connectivity index (χ0) is 13.9. The van der Waals surface area contributed by atoms with E-state index in [9.17, 15) is 13.2 Å². The third kappa shape index (κ3) is 7.33. The van der Waals surface area contributed by atoms with Crippen molar-refractivity contribution in [3.63, 3.8) is 0 Å². The monoisotopic (exact) mass is 265 g/mol. The third-order valence-electron chi connectivity index (χ3n) is 2.36. The van der Waals surface area contributed by atoms with E-state index in [2.05, 4.69) is 4.72 Å². The van der Waals surface area contributed by atoms with Crippen LogP contribution < -0.4 is 4.72 Å². The Hall–Kier alpha value is -0.620. The van der Waals surface area contributed by atoms with E-state index in [1.807, 2.05) is 20.8 Å². The fraction of sp³-hybridized carbons (Fsp3) is 0.909. The van der Waals surface area contributed by atoms with Gasteiger partial charge >= 0.3 is 5.97 Å². The largest absolute Gasteiger partial charge is 0.480 e. The van der Waals surface area contributed by atoms with Gasteiger partial charge in [0.05, 0.1) is 5.75 Å². The molecule has 0 fully saturated rings. The second kappa shape index (κ2) is 5.82. The molecular weight excluding hydrogens is 242 g/mol. The summed E-state index contributed by atoms with van der Waals surface area (Å²) in [4.78, 5) is 10.9. The maximum atomic E-state index is 11.7. The van der Waals surface area contributed by atoms with Gasteiger partial charge in [0.2, 0.25) is 10.0 Å². The topological polar surface area (TPSA) is 83.5 Å². The van der Waals surface area contributed by atoms with Crippen LogP contribution in [-0.2, 0) is 14.8 Å². The highest BCUT2D eigenvalue weighted by atomic mass is 32.2. The van der Waals surface area contributed by atoms with Crippen LogP contribution in [0.2, 0.25) is 0 Å². The van der Waals surface area contributed by atoms with Crippen LogP contribution in [-0.4, -0.2) is 31.3 Å². The first-order valence-electron chi connectivity index (χ1n) is 5.67. The Morgan fingerprint density at radius 1 is 1.29 bits per heavy atom. The molecule has 0 heterocycles. The number of carboxylic acid groups (broad SMARTS) is 1. The molecule has 0 aromatic carbocycles. The van der Waals surface area contributed by atoms with Crippen molar-refractivity contribution in [3.8, 4) is 0 Å². The number of carboxylic acids is 1. The summed E-state index contributed by atoms with van der Waals surface area (Å²) >= 11 is 0. The summed E-state index contributed by atoms with van der Waals surface area (Å²) in [5, 5.41) is 8.91. The van der Waals surface area contributed by atoms with Crippen molar-refractivity contribution in [3.05, 3.63) is 0 Å². The molecule has 0 radical (unpaired) electrons. The van der Waals surface area contributed by atoms with E-state index in [0.29, 0.717) is 6.42 Å². The van der Waals surface area contributed by atoms with Gasteiger partial charge in [-0.2, -0.15) is 0 Å². The highest BCUT2D eigenvalue weighted by Gasteiger charge is 2.27. The van der Waals surface area contributed by atoms with Gasteiger partial charge in [-0.15, -0.1) is 0 Å². The van der Waals surface area contributed by atoms with Crippen LogP contribution in [0.5, 0.6) is 0 Å². The minimum atomic E-state index is -3.53. The van der Waals surface area contributed by atoms with Gasteiger partial charge < -0.3 is 5.11 Å². The molecule has 2 N–H and O–H groups in total. The highest BCUT2D eigenvalue weighted by molar-refractivity contribution is 7.89. The molecule has 0 saturated heterocycles. The van der Waals surface area contributed by atoms with Crippen LogP contribution in [0.25, 0.3) is 0 Å². The van der Waals surface area contributed by atoms with Gasteiger partial charge in [-0.3, -0.25) is 4.79 Å². The molecule has 0 saturated carbocycles. The van der Waals surface area contributed by atoms with Crippen molar-refractivity contribution in [2.75, 3.05) is 5.75 Å². The van der Waals surface area contributed by atoms with Crippen molar-refractivity contribution in [2.24, 2.45) is 11.3 Å². The van der Waals surface area contributed by atoms with Crippen LogP contribution in [0.4, 0.5) is 0 Å². The minimum absolute atomic E-state index is 0.0486.